The molecule has 6 nitrogen and oxygen atoms in total. The van der Waals surface area contributed by atoms with Crippen LogP contribution in [0.5, 0.6) is 5.75 Å². The number of benzene rings is 1. The molecule has 0 N–H and O–H groups in total. The molecule has 38 heavy (non-hydrogen) atoms. The Hall–Kier alpha value is -2.20. The second-order valence-electron chi connectivity index (χ2n) is 10.0. The Morgan fingerprint density at radius 1 is 1.08 bits per heavy atom. The summed E-state index contributed by atoms with van der Waals surface area (Å²) in [5, 5.41) is 0. The summed E-state index contributed by atoms with van der Waals surface area (Å²) in [5.41, 5.74) is -0.778. The summed E-state index contributed by atoms with van der Waals surface area (Å²) >= 11 is 0. The van der Waals surface area contributed by atoms with Crippen LogP contribution in [0, 0.1) is 11.8 Å². The van der Waals surface area contributed by atoms with Crippen molar-refractivity contribution in [1.29, 1.82) is 0 Å². The molecule has 4 rings (SSSR count). The number of hydrogen-bond acceptors (Lipinski definition) is 6. The van der Waals surface area contributed by atoms with Gasteiger partial charge in [-0.2, -0.15) is 13.2 Å². The number of rotatable bonds is 11. The molecule has 0 aromatic heterocycles. The molecule has 6 atom stereocenters. The Morgan fingerprint density at radius 2 is 1.82 bits per heavy atom. The molecule has 0 amide bonds. The molecule has 0 radical (unpaired) electrons. The van der Waals surface area contributed by atoms with Crippen molar-refractivity contribution in [1.82, 2.24) is 0 Å². The molecule has 1 aromatic rings. The van der Waals surface area contributed by atoms with Crippen LogP contribution in [0.3, 0.4) is 0 Å². The molecule has 1 aromatic carbocycles. The molecule has 3 aliphatic rings. The number of allylic oxidation sites excluding steroid dienone is 1. The lowest BCUT2D eigenvalue weighted by Crippen LogP contribution is -2.32. The van der Waals surface area contributed by atoms with Crippen molar-refractivity contribution >= 4 is 5.78 Å². The van der Waals surface area contributed by atoms with Gasteiger partial charge in [-0.15, -0.1) is 6.58 Å². The molecule has 1 saturated carbocycles. The van der Waals surface area contributed by atoms with Gasteiger partial charge >= 0.3 is 6.18 Å². The lowest BCUT2D eigenvalue weighted by Gasteiger charge is -2.29. The van der Waals surface area contributed by atoms with Crippen molar-refractivity contribution in [2.24, 2.45) is 11.8 Å². The number of alkyl halides is 3. The highest BCUT2D eigenvalue weighted by Gasteiger charge is 2.42. The van der Waals surface area contributed by atoms with Gasteiger partial charge in [0.25, 0.3) is 0 Å². The minimum Gasteiger partial charge on any atom is -0.491 e. The summed E-state index contributed by atoms with van der Waals surface area (Å²) in [5.74, 6) is -0.262. The van der Waals surface area contributed by atoms with E-state index >= 15 is 0 Å². The van der Waals surface area contributed by atoms with E-state index < -0.39 is 24.1 Å². The zero-order valence-electron chi connectivity index (χ0n) is 21.6. The Labute approximate surface area is 222 Å². The SMILES string of the molecule is C=CC[C@H]1C(=O)C[C@@H](OC2CCCCO2)[C@@H]1C=C[C@H](COc1cccc(C(F)(F)F)c1)OC1CCCCO1. The molecule has 9 heteroatoms. The monoisotopic (exact) mass is 538 g/mol. The van der Waals surface area contributed by atoms with E-state index in [-0.39, 0.29) is 42.4 Å². The van der Waals surface area contributed by atoms with Gasteiger partial charge in [0.15, 0.2) is 12.6 Å². The molecule has 2 saturated heterocycles. The zero-order valence-corrected chi connectivity index (χ0v) is 21.6. The van der Waals surface area contributed by atoms with Gasteiger partial charge < -0.3 is 23.7 Å². The van der Waals surface area contributed by atoms with E-state index in [1.807, 2.05) is 12.2 Å². The number of halogens is 3. The average molecular weight is 539 g/mol. The van der Waals surface area contributed by atoms with Crippen molar-refractivity contribution in [3.8, 4) is 5.75 Å². The topological polar surface area (TPSA) is 63.2 Å². The Morgan fingerprint density at radius 3 is 2.47 bits per heavy atom. The first-order chi connectivity index (χ1) is 18.3. The third kappa shape index (κ3) is 8.15. The fourth-order valence-electron chi connectivity index (χ4n) is 5.18. The Kier molecular flexibility index (Phi) is 10.4. The zero-order chi connectivity index (χ0) is 27.0. The van der Waals surface area contributed by atoms with Gasteiger partial charge in [-0.1, -0.05) is 24.3 Å². The molecule has 210 valence electrons. The van der Waals surface area contributed by atoms with Crippen LogP contribution in [0.4, 0.5) is 13.2 Å². The third-order valence-corrected chi connectivity index (χ3v) is 7.18. The fraction of sp³-hybridized carbons (Fsp3) is 0.621. The largest absolute Gasteiger partial charge is 0.491 e. The maximum atomic E-state index is 13.1. The highest BCUT2D eigenvalue weighted by atomic mass is 19.4. The predicted octanol–water partition coefficient (Wildman–Crippen LogP) is 6.25. The lowest BCUT2D eigenvalue weighted by molar-refractivity contribution is -0.192. The number of carbonyl (C=O) groups excluding carboxylic acids is 1. The van der Waals surface area contributed by atoms with Crippen LogP contribution in [-0.2, 0) is 29.9 Å². The maximum Gasteiger partial charge on any atom is 0.416 e. The van der Waals surface area contributed by atoms with Crippen LogP contribution in [0.15, 0.2) is 49.1 Å². The van der Waals surface area contributed by atoms with Crippen LogP contribution >= 0.6 is 0 Å². The number of ketones is 1. The fourth-order valence-corrected chi connectivity index (χ4v) is 5.18. The highest BCUT2D eigenvalue weighted by Crippen LogP contribution is 2.37. The quantitative estimate of drug-likeness (QED) is 0.311. The lowest BCUT2D eigenvalue weighted by atomic mass is 9.90. The first-order valence-corrected chi connectivity index (χ1v) is 13.5. The second kappa shape index (κ2) is 13.7. The van der Waals surface area contributed by atoms with E-state index in [2.05, 4.69) is 6.58 Å². The molecular weight excluding hydrogens is 501 g/mol. The molecule has 1 aliphatic carbocycles. The molecule has 0 spiro atoms. The molecule has 2 aliphatic heterocycles. The van der Waals surface area contributed by atoms with E-state index in [9.17, 15) is 18.0 Å². The van der Waals surface area contributed by atoms with Gasteiger partial charge in [0.1, 0.15) is 24.2 Å². The standard InChI is InChI=1S/C29H37F3O6/c1-2-8-23-24(26(18-25(23)33)38-28-12-4-6-16-35-28)14-13-22(37-27-11-3-5-15-34-27)19-36-21-10-7-9-20(17-21)29(30,31)32/h2,7,9-10,13-14,17,22-24,26-28H,1,3-6,8,11-12,15-16,18-19H2/t22-,23-,24-,26-,27?,28?/m1/s1. The van der Waals surface area contributed by atoms with Gasteiger partial charge in [-0.25, -0.2) is 0 Å². The van der Waals surface area contributed by atoms with Crippen LogP contribution in [0.25, 0.3) is 0 Å². The van der Waals surface area contributed by atoms with Crippen molar-refractivity contribution in [2.75, 3.05) is 19.8 Å². The van der Waals surface area contributed by atoms with E-state index in [1.165, 1.54) is 12.1 Å². The molecule has 3 fully saturated rings. The Bertz CT molecular complexity index is 936. The van der Waals surface area contributed by atoms with Crippen LogP contribution in [0.1, 0.15) is 56.9 Å². The summed E-state index contributed by atoms with van der Waals surface area (Å²) in [6.45, 7) is 5.03. The number of Topliss-reactive ketones (excluding diaryl/α,β-unsaturated/α-hetero) is 1. The average Bonchev–Trinajstić information content (AvgIpc) is 3.20. The van der Waals surface area contributed by atoms with Gasteiger partial charge in [0, 0.05) is 31.5 Å². The van der Waals surface area contributed by atoms with Crippen LogP contribution in [0.2, 0.25) is 0 Å². The minimum absolute atomic E-state index is 0.0122. The summed E-state index contributed by atoms with van der Waals surface area (Å²) in [6, 6.07) is 4.77. The third-order valence-electron chi connectivity index (χ3n) is 7.18. The highest BCUT2D eigenvalue weighted by molar-refractivity contribution is 5.84. The van der Waals surface area contributed by atoms with Gasteiger partial charge in [0.2, 0.25) is 0 Å². The number of carbonyl (C=O) groups is 1. The minimum atomic E-state index is -4.46. The van der Waals surface area contributed by atoms with E-state index in [0.717, 1.165) is 50.7 Å². The van der Waals surface area contributed by atoms with E-state index in [1.54, 1.807) is 6.08 Å². The van der Waals surface area contributed by atoms with Crippen LogP contribution < -0.4 is 4.74 Å². The van der Waals surface area contributed by atoms with E-state index in [4.69, 9.17) is 23.7 Å². The van der Waals surface area contributed by atoms with Gasteiger partial charge in [-0.3, -0.25) is 4.79 Å². The van der Waals surface area contributed by atoms with Crippen molar-refractivity contribution < 1.29 is 41.7 Å². The Balaban J connectivity index is 1.48. The predicted molar refractivity (Wildman–Crippen MR) is 134 cm³/mol. The van der Waals surface area contributed by atoms with Crippen molar-refractivity contribution in [2.45, 2.75) is 82.3 Å². The van der Waals surface area contributed by atoms with Crippen molar-refractivity contribution in [3.63, 3.8) is 0 Å². The molecule has 0 bridgehead atoms. The smallest absolute Gasteiger partial charge is 0.416 e. The maximum absolute atomic E-state index is 13.1. The van der Waals surface area contributed by atoms with Crippen LogP contribution in [-0.4, -0.2) is 50.4 Å². The molecule has 2 unspecified atom stereocenters. The number of hydrogen-bond donors (Lipinski definition) is 0. The summed E-state index contributed by atoms with van der Waals surface area (Å²) in [4.78, 5) is 12.8. The van der Waals surface area contributed by atoms with Crippen molar-refractivity contribution in [3.05, 3.63) is 54.6 Å². The molecule has 2 heterocycles. The summed E-state index contributed by atoms with van der Waals surface area (Å²) in [6.07, 6.45) is 5.62. The molecular formula is C29H37F3O6. The summed E-state index contributed by atoms with van der Waals surface area (Å²) in [7, 11) is 0. The van der Waals surface area contributed by atoms with Gasteiger partial charge in [0.05, 0.1) is 11.7 Å². The number of ether oxygens (including phenoxy) is 5. The first kappa shape index (κ1) is 28.8. The second-order valence-corrected chi connectivity index (χ2v) is 10.0. The first-order valence-electron chi connectivity index (χ1n) is 13.5. The van der Waals surface area contributed by atoms with E-state index in [0.29, 0.717) is 26.1 Å². The summed E-state index contributed by atoms with van der Waals surface area (Å²) < 4.78 is 69.0. The normalized spacial score (nSPS) is 29.4. The van der Waals surface area contributed by atoms with Gasteiger partial charge in [-0.05, 0) is 63.1 Å².